The second kappa shape index (κ2) is 10.7. The van der Waals surface area contributed by atoms with Gasteiger partial charge in [-0.25, -0.2) is 4.79 Å². The lowest BCUT2D eigenvalue weighted by molar-refractivity contribution is 0.628. The minimum absolute atomic E-state index is 0.0640. The molecule has 0 aliphatic carbocycles. The Morgan fingerprint density at radius 1 is 0.833 bits per heavy atom. The van der Waals surface area contributed by atoms with Crippen LogP contribution in [0.2, 0.25) is 5.15 Å². The third-order valence-corrected chi connectivity index (χ3v) is 6.76. The van der Waals surface area contributed by atoms with Crippen LogP contribution in [-0.2, 0) is 25.9 Å². The fourth-order valence-corrected chi connectivity index (χ4v) is 4.86. The van der Waals surface area contributed by atoms with Gasteiger partial charge in [0.15, 0.2) is 0 Å². The van der Waals surface area contributed by atoms with E-state index in [-0.39, 0.29) is 5.69 Å². The maximum Gasteiger partial charge on any atom is 0.329 e. The van der Waals surface area contributed by atoms with Gasteiger partial charge in [-0.05, 0) is 40.3 Å². The fourth-order valence-electron chi connectivity index (χ4n) is 4.51. The highest BCUT2D eigenvalue weighted by Crippen LogP contribution is 2.30. The molecule has 0 spiro atoms. The van der Waals surface area contributed by atoms with Gasteiger partial charge in [-0.1, -0.05) is 104 Å². The van der Waals surface area contributed by atoms with Crippen LogP contribution in [0.5, 0.6) is 0 Å². The predicted octanol–water partition coefficient (Wildman–Crippen LogP) is 5.39. The maximum atomic E-state index is 13.4. The van der Waals surface area contributed by atoms with Crippen molar-refractivity contribution in [3.63, 3.8) is 0 Å². The molecular formula is C28H27ClN6O. The van der Waals surface area contributed by atoms with Gasteiger partial charge in [0.05, 0.1) is 12.2 Å². The van der Waals surface area contributed by atoms with Crippen LogP contribution in [0.1, 0.15) is 30.2 Å². The van der Waals surface area contributed by atoms with Crippen molar-refractivity contribution in [3.05, 3.63) is 111 Å². The van der Waals surface area contributed by atoms with Crippen LogP contribution < -0.4 is 5.69 Å². The highest BCUT2D eigenvalue weighted by Gasteiger charge is 2.18. The molecule has 1 N–H and O–H groups in total. The summed E-state index contributed by atoms with van der Waals surface area (Å²) in [5.41, 5.74) is 6.01. The van der Waals surface area contributed by atoms with Gasteiger partial charge in [-0.15, -0.1) is 10.2 Å². The molecule has 5 rings (SSSR count). The zero-order valence-electron chi connectivity index (χ0n) is 20.1. The Balaban J connectivity index is 1.41. The molecule has 0 amide bonds. The minimum atomic E-state index is -0.0640. The molecule has 3 aromatic carbocycles. The smallest absolute Gasteiger partial charge is 0.290 e. The average molecular weight is 499 g/mol. The van der Waals surface area contributed by atoms with Gasteiger partial charge in [0.25, 0.3) is 0 Å². The quantitative estimate of drug-likeness (QED) is 0.295. The van der Waals surface area contributed by atoms with Crippen LogP contribution in [0.25, 0.3) is 22.5 Å². The summed E-state index contributed by atoms with van der Waals surface area (Å²) in [7, 11) is 0. The number of nitrogens with one attached hydrogen (secondary N) is 1. The Morgan fingerprint density at radius 2 is 1.56 bits per heavy atom. The molecule has 2 heterocycles. The van der Waals surface area contributed by atoms with Crippen LogP contribution in [-0.4, -0.2) is 29.8 Å². The first-order valence-corrected chi connectivity index (χ1v) is 12.5. The zero-order valence-corrected chi connectivity index (χ0v) is 20.8. The van der Waals surface area contributed by atoms with Crippen molar-refractivity contribution in [2.75, 3.05) is 0 Å². The molecule has 7 nitrogen and oxygen atoms in total. The number of aromatic nitrogens is 6. The molecule has 0 aliphatic heterocycles. The third kappa shape index (κ3) is 4.88. The summed E-state index contributed by atoms with van der Waals surface area (Å²) in [6, 6.07) is 26.4. The first-order chi connectivity index (χ1) is 17.7. The summed E-state index contributed by atoms with van der Waals surface area (Å²) in [4.78, 5) is 13.4. The number of H-pyrrole nitrogens is 1. The standard InChI is InChI=1S/C28H27ClN6O/c1-2-8-25-26(29)34(18-17-20-9-4-3-5-10-20)28(36)35(25)19-21-13-15-22(16-14-21)23-11-6-7-12-24(23)27-30-32-33-31-27/h3-7,9-16H,2,8,17-19H2,1H3,(H,30,31,32,33). The SMILES string of the molecule is CCCc1c(Cl)n(CCc2ccccc2)c(=O)n1Cc1ccc(-c2ccccc2-c2nn[nH]n2)cc1. The van der Waals surface area contributed by atoms with Crippen molar-refractivity contribution in [2.24, 2.45) is 0 Å². The van der Waals surface area contributed by atoms with E-state index in [1.807, 2.05) is 47.0 Å². The lowest BCUT2D eigenvalue weighted by Crippen LogP contribution is -2.26. The second-order valence-corrected chi connectivity index (χ2v) is 9.08. The molecule has 0 saturated heterocycles. The summed E-state index contributed by atoms with van der Waals surface area (Å²) in [6.07, 6.45) is 2.42. The molecule has 0 aliphatic rings. The summed E-state index contributed by atoms with van der Waals surface area (Å²) in [5.74, 6) is 0.553. The zero-order chi connectivity index (χ0) is 24.9. The van der Waals surface area contributed by atoms with Crippen LogP contribution in [0, 0.1) is 0 Å². The average Bonchev–Trinajstić information content (AvgIpc) is 3.53. The first kappa shape index (κ1) is 23.8. The molecular weight excluding hydrogens is 472 g/mol. The second-order valence-electron chi connectivity index (χ2n) is 8.72. The molecule has 5 aromatic rings. The number of aryl methyl sites for hydroxylation is 1. The van der Waals surface area contributed by atoms with Crippen LogP contribution in [0.15, 0.2) is 83.7 Å². The summed E-state index contributed by atoms with van der Waals surface area (Å²) in [6.45, 7) is 3.12. The molecule has 0 fully saturated rings. The Bertz CT molecular complexity index is 1490. The molecule has 0 radical (unpaired) electrons. The number of rotatable bonds is 9. The monoisotopic (exact) mass is 498 g/mol. The molecule has 0 unspecified atom stereocenters. The number of nitrogens with zero attached hydrogens (tertiary/aromatic N) is 5. The minimum Gasteiger partial charge on any atom is -0.290 e. The normalized spacial score (nSPS) is 11.2. The first-order valence-electron chi connectivity index (χ1n) is 12.1. The summed E-state index contributed by atoms with van der Waals surface area (Å²) >= 11 is 6.74. The molecule has 0 saturated carbocycles. The van der Waals surface area contributed by atoms with Gasteiger partial charge in [-0.3, -0.25) is 9.13 Å². The van der Waals surface area contributed by atoms with Crippen molar-refractivity contribution in [3.8, 4) is 22.5 Å². The Labute approximate surface area is 214 Å². The van der Waals surface area contributed by atoms with E-state index in [0.717, 1.165) is 47.2 Å². The van der Waals surface area contributed by atoms with Crippen LogP contribution in [0.4, 0.5) is 0 Å². The number of aromatic amines is 1. The Kier molecular flexibility index (Phi) is 7.09. The van der Waals surface area contributed by atoms with Gasteiger partial charge < -0.3 is 0 Å². The van der Waals surface area contributed by atoms with Gasteiger partial charge in [0.2, 0.25) is 5.82 Å². The van der Waals surface area contributed by atoms with E-state index >= 15 is 0 Å². The number of imidazole rings is 1. The van der Waals surface area contributed by atoms with Gasteiger partial charge in [-0.2, -0.15) is 5.21 Å². The van der Waals surface area contributed by atoms with Gasteiger partial charge in [0.1, 0.15) is 5.15 Å². The lowest BCUT2D eigenvalue weighted by Gasteiger charge is -2.10. The Morgan fingerprint density at radius 3 is 2.25 bits per heavy atom. The van der Waals surface area contributed by atoms with Crippen LogP contribution in [0.3, 0.4) is 0 Å². The third-order valence-electron chi connectivity index (χ3n) is 6.34. The fraction of sp³-hybridized carbons (Fsp3) is 0.214. The maximum absolute atomic E-state index is 13.4. The van der Waals surface area contributed by atoms with Crippen LogP contribution >= 0.6 is 11.6 Å². The van der Waals surface area contributed by atoms with E-state index in [0.29, 0.717) is 24.1 Å². The highest BCUT2D eigenvalue weighted by atomic mass is 35.5. The molecule has 8 heteroatoms. The van der Waals surface area contributed by atoms with E-state index in [1.165, 1.54) is 5.56 Å². The molecule has 36 heavy (non-hydrogen) atoms. The number of hydrogen-bond donors (Lipinski definition) is 1. The van der Waals surface area contributed by atoms with E-state index in [1.54, 1.807) is 4.57 Å². The van der Waals surface area contributed by atoms with Crippen molar-refractivity contribution < 1.29 is 0 Å². The number of tetrazole rings is 1. The number of hydrogen-bond acceptors (Lipinski definition) is 4. The highest BCUT2D eigenvalue weighted by molar-refractivity contribution is 6.30. The largest absolute Gasteiger partial charge is 0.329 e. The molecule has 182 valence electrons. The predicted molar refractivity (Wildman–Crippen MR) is 142 cm³/mol. The lowest BCUT2D eigenvalue weighted by atomic mass is 9.98. The van der Waals surface area contributed by atoms with E-state index < -0.39 is 0 Å². The van der Waals surface area contributed by atoms with E-state index in [4.69, 9.17) is 11.6 Å². The van der Waals surface area contributed by atoms with E-state index in [2.05, 4.69) is 63.9 Å². The van der Waals surface area contributed by atoms with Crippen molar-refractivity contribution in [2.45, 2.75) is 39.3 Å². The van der Waals surface area contributed by atoms with E-state index in [9.17, 15) is 4.79 Å². The summed E-state index contributed by atoms with van der Waals surface area (Å²) in [5, 5.41) is 15.0. The van der Waals surface area contributed by atoms with Gasteiger partial charge in [0, 0.05) is 12.1 Å². The van der Waals surface area contributed by atoms with Crippen molar-refractivity contribution >= 4 is 11.6 Å². The van der Waals surface area contributed by atoms with Gasteiger partial charge >= 0.3 is 5.69 Å². The molecule has 2 aromatic heterocycles. The molecule has 0 bridgehead atoms. The molecule has 0 atom stereocenters. The number of halogens is 1. The van der Waals surface area contributed by atoms with Crippen molar-refractivity contribution in [1.82, 2.24) is 29.8 Å². The Hall–Kier alpha value is -3.97. The summed E-state index contributed by atoms with van der Waals surface area (Å²) < 4.78 is 3.52. The number of benzene rings is 3. The topological polar surface area (TPSA) is 81.4 Å². The van der Waals surface area contributed by atoms with Crippen molar-refractivity contribution in [1.29, 1.82) is 0 Å².